The van der Waals surface area contributed by atoms with Gasteiger partial charge >= 0.3 is 0 Å². The molecule has 0 bridgehead atoms. The number of rotatable bonds is 2. The van der Waals surface area contributed by atoms with Crippen molar-refractivity contribution in [1.29, 1.82) is 0 Å². The van der Waals surface area contributed by atoms with Gasteiger partial charge in [-0.15, -0.1) is 11.6 Å². The van der Waals surface area contributed by atoms with Gasteiger partial charge in [-0.1, -0.05) is 25.3 Å². The maximum atomic E-state index is 13.5. The topological polar surface area (TPSA) is 0 Å². The number of hydrogen-bond donors (Lipinski definition) is 0. The van der Waals surface area contributed by atoms with Crippen molar-refractivity contribution in [3.05, 3.63) is 35.4 Å². The van der Waals surface area contributed by atoms with Gasteiger partial charge in [-0.2, -0.15) is 0 Å². The molecule has 94 valence electrons. The molecule has 2 unspecified atom stereocenters. The molecule has 17 heavy (non-hydrogen) atoms. The number of halogens is 3. The standard InChI is InChI=1S/C14H17ClF2/c15-12-4-2-1-3-10(8-12)7-11-5-6-13(16)9-14(11)17/h5-6,9-10,12H,1-4,7-8H2. The molecule has 0 nitrogen and oxygen atoms in total. The first-order valence-electron chi connectivity index (χ1n) is 6.23. The van der Waals surface area contributed by atoms with Gasteiger partial charge in [0.05, 0.1) is 0 Å². The summed E-state index contributed by atoms with van der Waals surface area (Å²) in [5.41, 5.74) is 0.613. The number of hydrogen-bond acceptors (Lipinski definition) is 0. The fourth-order valence-electron chi connectivity index (χ4n) is 2.58. The molecule has 0 spiro atoms. The van der Waals surface area contributed by atoms with Crippen LogP contribution >= 0.6 is 11.6 Å². The molecular formula is C14H17ClF2. The molecule has 0 aromatic heterocycles. The van der Waals surface area contributed by atoms with E-state index in [1.54, 1.807) is 6.07 Å². The predicted octanol–water partition coefficient (Wildman–Crippen LogP) is 4.70. The van der Waals surface area contributed by atoms with Crippen molar-refractivity contribution in [3.8, 4) is 0 Å². The minimum absolute atomic E-state index is 0.214. The Morgan fingerprint density at radius 3 is 2.71 bits per heavy atom. The van der Waals surface area contributed by atoms with Gasteiger partial charge in [-0.05, 0) is 36.8 Å². The van der Waals surface area contributed by atoms with Crippen molar-refractivity contribution in [2.24, 2.45) is 5.92 Å². The van der Waals surface area contributed by atoms with Gasteiger partial charge in [0, 0.05) is 11.4 Å². The zero-order valence-electron chi connectivity index (χ0n) is 9.76. The summed E-state index contributed by atoms with van der Waals surface area (Å²) in [6, 6.07) is 3.84. The van der Waals surface area contributed by atoms with Gasteiger partial charge in [0.25, 0.3) is 0 Å². The van der Waals surface area contributed by atoms with E-state index in [1.807, 2.05) is 0 Å². The Bertz CT molecular complexity index is 378. The van der Waals surface area contributed by atoms with Crippen molar-refractivity contribution in [3.63, 3.8) is 0 Å². The molecule has 0 radical (unpaired) electrons. The normalized spacial score (nSPS) is 25.6. The third-order valence-corrected chi connectivity index (χ3v) is 3.89. The van der Waals surface area contributed by atoms with E-state index < -0.39 is 11.6 Å². The van der Waals surface area contributed by atoms with Gasteiger partial charge in [0.2, 0.25) is 0 Å². The third-order valence-electron chi connectivity index (χ3n) is 3.49. The Morgan fingerprint density at radius 1 is 1.18 bits per heavy atom. The lowest BCUT2D eigenvalue weighted by atomic mass is 9.92. The first kappa shape index (κ1) is 12.8. The maximum absolute atomic E-state index is 13.5. The van der Waals surface area contributed by atoms with Crippen molar-refractivity contribution < 1.29 is 8.78 Å². The molecule has 1 saturated carbocycles. The summed E-state index contributed by atoms with van der Waals surface area (Å²) in [6.07, 6.45) is 6.10. The van der Waals surface area contributed by atoms with E-state index in [0.717, 1.165) is 38.2 Å². The maximum Gasteiger partial charge on any atom is 0.129 e. The van der Waals surface area contributed by atoms with E-state index in [9.17, 15) is 8.78 Å². The fraction of sp³-hybridized carbons (Fsp3) is 0.571. The zero-order valence-corrected chi connectivity index (χ0v) is 10.5. The van der Waals surface area contributed by atoms with Crippen LogP contribution in [-0.4, -0.2) is 5.38 Å². The molecule has 0 saturated heterocycles. The highest BCUT2D eigenvalue weighted by atomic mass is 35.5. The Balaban J connectivity index is 2.03. The smallest absolute Gasteiger partial charge is 0.129 e. The highest BCUT2D eigenvalue weighted by molar-refractivity contribution is 6.20. The molecule has 3 heteroatoms. The van der Waals surface area contributed by atoms with Gasteiger partial charge in [0.1, 0.15) is 11.6 Å². The molecule has 0 N–H and O–H groups in total. The molecule has 2 atom stereocenters. The summed E-state index contributed by atoms with van der Waals surface area (Å²) in [7, 11) is 0. The Labute approximate surface area is 106 Å². The van der Waals surface area contributed by atoms with E-state index in [4.69, 9.17) is 11.6 Å². The van der Waals surface area contributed by atoms with Crippen LogP contribution in [0.15, 0.2) is 18.2 Å². The average molecular weight is 259 g/mol. The van der Waals surface area contributed by atoms with Gasteiger partial charge in [-0.3, -0.25) is 0 Å². The molecule has 0 amide bonds. The molecule has 1 aliphatic rings. The molecule has 2 rings (SSSR count). The van der Waals surface area contributed by atoms with Crippen molar-refractivity contribution in [1.82, 2.24) is 0 Å². The Hall–Kier alpha value is -0.630. The summed E-state index contributed by atoms with van der Waals surface area (Å²) in [5.74, 6) is -0.511. The van der Waals surface area contributed by atoms with Crippen LogP contribution in [0.25, 0.3) is 0 Å². The Kier molecular flexibility index (Phi) is 4.38. The lowest BCUT2D eigenvalue weighted by Crippen LogP contribution is -2.09. The molecule has 1 aromatic carbocycles. The number of benzene rings is 1. The average Bonchev–Trinajstić information content (AvgIpc) is 2.47. The zero-order chi connectivity index (χ0) is 12.3. The first-order chi connectivity index (χ1) is 8.15. The predicted molar refractivity (Wildman–Crippen MR) is 66.3 cm³/mol. The highest BCUT2D eigenvalue weighted by Gasteiger charge is 2.20. The summed E-state index contributed by atoms with van der Waals surface area (Å²) >= 11 is 6.19. The fourth-order valence-corrected chi connectivity index (χ4v) is 2.99. The SMILES string of the molecule is Fc1ccc(CC2CCCCC(Cl)C2)c(F)c1. The minimum atomic E-state index is -0.512. The molecular weight excluding hydrogens is 242 g/mol. The van der Waals surface area contributed by atoms with Crippen LogP contribution in [0.5, 0.6) is 0 Å². The second-order valence-electron chi connectivity index (χ2n) is 4.92. The largest absolute Gasteiger partial charge is 0.207 e. The van der Waals surface area contributed by atoms with Crippen molar-refractivity contribution in [2.75, 3.05) is 0 Å². The third kappa shape index (κ3) is 3.67. The summed E-state index contributed by atoms with van der Waals surface area (Å²) < 4.78 is 26.3. The van der Waals surface area contributed by atoms with Crippen molar-refractivity contribution in [2.45, 2.75) is 43.9 Å². The number of alkyl halides is 1. The quantitative estimate of drug-likeness (QED) is 0.533. The van der Waals surface area contributed by atoms with Crippen LogP contribution in [0.3, 0.4) is 0 Å². The second-order valence-corrected chi connectivity index (χ2v) is 5.54. The van der Waals surface area contributed by atoms with E-state index >= 15 is 0 Å². The first-order valence-corrected chi connectivity index (χ1v) is 6.67. The van der Waals surface area contributed by atoms with Crippen LogP contribution in [0, 0.1) is 17.6 Å². The van der Waals surface area contributed by atoms with E-state index in [2.05, 4.69) is 0 Å². The van der Waals surface area contributed by atoms with Crippen LogP contribution < -0.4 is 0 Å². The lowest BCUT2D eigenvalue weighted by Gasteiger charge is -2.16. The highest BCUT2D eigenvalue weighted by Crippen LogP contribution is 2.29. The Morgan fingerprint density at radius 2 is 1.94 bits per heavy atom. The van der Waals surface area contributed by atoms with Gasteiger partial charge in [-0.25, -0.2) is 8.78 Å². The molecule has 1 fully saturated rings. The summed E-state index contributed by atoms with van der Waals surface area (Å²) in [4.78, 5) is 0. The minimum Gasteiger partial charge on any atom is -0.207 e. The monoisotopic (exact) mass is 258 g/mol. The van der Waals surface area contributed by atoms with Crippen molar-refractivity contribution >= 4 is 11.6 Å². The molecule has 0 aliphatic heterocycles. The van der Waals surface area contributed by atoms with E-state index in [0.29, 0.717) is 17.9 Å². The molecule has 1 aliphatic carbocycles. The van der Waals surface area contributed by atoms with E-state index in [1.165, 1.54) is 6.07 Å². The second kappa shape index (κ2) is 5.81. The van der Waals surface area contributed by atoms with Crippen LogP contribution in [-0.2, 0) is 6.42 Å². The van der Waals surface area contributed by atoms with Gasteiger partial charge < -0.3 is 0 Å². The lowest BCUT2D eigenvalue weighted by molar-refractivity contribution is 0.448. The molecule has 1 aromatic rings. The molecule has 0 heterocycles. The van der Waals surface area contributed by atoms with E-state index in [-0.39, 0.29) is 5.38 Å². The van der Waals surface area contributed by atoms with Crippen LogP contribution in [0.1, 0.15) is 37.7 Å². The van der Waals surface area contributed by atoms with Crippen LogP contribution in [0.2, 0.25) is 0 Å². The summed E-state index contributed by atoms with van der Waals surface area (Å²) in [5, 5.41) is 0.214. The summed E-state index contributed by atoms with van der Waals surface area (Å²) in [6.45, 7) is 0. The van der Waals surface area contributed by atoms with Crippen LogP contribution in [0.4, 0.5) is 8.78 Å². The van der Waals surface area contributed by atoms with Gasteiger partial charge in [0.15, 0.2) is 0 Å².